The van der Waals surface area contributed by atoms with Gasteiger partial charge in [0.1, 0.15) is 0 Å². The van der Waals surface area contributed by atoms with Crippen molar-refractivity contribution in [3.8, 4) is 0 Å². The number of rotatable bonds is 3. The van der Waals surface area contributed by atoms with Gasteiger partial charge >= 0.3 is 0 Å². The summed E-state index contributed by atoms with van der Waals surface area (Å²) < 4.78 is 0. The number of nitrogens with two attached hydrogens (primary N) is 1. The van der Waals surface area contributed by atoms with Gasteiger partial charge in [-0.3, -0.25) is 0 Å². The van der Waals surface area contributed by atoms with E-state index in [9.17, 15) is 0 Å². The van der Waals surface area contributed by atoms with E-state index in [-0.39, 0.29) is 0 Å². The zero-order valence-corrected chi connectivity index (χ0v) is 9.25. The molecule has 0 unspecified atom stereocenters. The molecule has 0 spiro atoms. The van der Waals surface area contributed by atoms with Gasteiger partial charge in [-0.25, -0.2) is 0 Å². The van der Waals surface area contributed by atoms with E-state index in [1.54, 1.807) is 0 Å². The van der Waals surface area contributed by atoms with Gasteiger partial charge < -0.3 is 10.6 Å². The second-order valence-electron chi connectivity index (χ2n) is 4.99. The third kappa shape index (κ3) is 2.48. The lowest BCUT2D eigenvalue weighted by atomic mass is 9.92. The number of nitrogens with zero attached hydrogens (tertiary/aromatic N) is 1. The summed E-state index contributed by atoms with van der Waals surface area (Å²) in [5, 5.41) is 0. The second-order valence-corrected chi connectivity index (χ2v) is 4.99. The number of hydrogen-bond donors (Lipinski definition) is 1. The van der Waals surface area contributed by atoms with Crippen LogP contribution in [0.3, 0.4) is 0 Å². The number of piperidine rings is 1. The van der Waals surface area contributed by atoms with Gasteiger partial charge in [0.25, 0.3) is 0 Å². The molecule has 2 heteroatoms. The fourth-order valence-electron chi connectivity index (χ4n) is 3.11. The summed E-state index contributed by atoms with van der Waals surface area (Å²) in [4.78, 5) is 2.74. The van der Waals surface area contributed by atoms with Crippen molar-refractivity contribution in [2.24, 2.45) is 11.7 Å². The summed E-state index contributed by atoms with van der Waals surface area (Å²) >= 11 is 0. The third-order valence-electron chi connectivity index (χ3n) is 4.07. The van der Waals surface area contributed by atoms with Crippen LogP contribution in [-0.2, 0) is 0 Å². The van der Waals surface area contributed by atoms with Crippen LogP contribution < -0.4 is 5.73 Å². The minimum Gasteiger partial charge on any atom is -0.330 e. The van der Waals surface area contributed by atoms with Gasteiger partial charge in [0.15, 0.2) is 0 Å². The predicted octanol–water partition coefficient (Wildman–Crippen LogP) is 1.99. The molecule has 1 heterocycles. The fraction of sp³-hybridized carbons (Fsp3) is 1.00. The van der Waals surface area contributed by atoms with Crippen LogP contribution in [0.25, 0.3) is 0 Å². The summed E-state index contributed by atoms with van der Waals surface area (Å²) in [5.41, 5.74) is 5.60. The monoisotopic (exact) mass is 196 g/mol. The van der Waals surface area contributed by atoms with Crippen LogP contribution in [0, 0.1) is 5.92 Å². The highest BCUT2D eigenvalue weighted by atomic mass is 15.2. The van der Waals surface area contributed by atoms with Crippen LogP contribution in [0.1, 0.15) is 44.9 Å². The summed E-state index contributed by atoms with van der Waals surface area (Å²) in [7, 11) is 0. The highest BCUT2D eigenvalue weighted by Gasteiger charge is 2.26. The normalized spacial score (nSPS) is 27.2. The van der Waals surface area contributed by atoms with Crippen molar-refractivity contribution in [3.63, 3.8) is 0 Å². The number of likely N-dealkylation sites (tertiary alicyclic amines) is 1. The highest BCUT2D eigenvalue weighted by Crippen LogP contribution is 2.28. The third-order valence-corrected chi connectivity index (χ3v) is 4.07. The molecular formula is C12H24N2. The van der Waals surface area contributed by atoms with Crippen molar-refractivity contribution >= 4 is 0 Å². The molecule has 2 nitrogen and oxygen atoms in total. The van der Waals surface area contributed by atoms with Gasteiger partial charge in [-0.1, -0.05) is 12.8 Å². The van der Waals surface area contributed by atoms with E-state index in [1.165, 1.54) is 58.0 Å². The Morgan fingerprint density at radius 3 is 2.21 bits per heavy atom. The quantitative estimate of drug-likeness (QED) is 0.748. The van der Waals surface area contributed by atoms with E-state index < -0.39 is 0 Å². The maximum absolute atomic E-state index is 5.60. The molecule has 0 amide bonds. The summed E-state index contributed by atoms with van der Waals surface area (Å²) in [6.45, 7) is 3.57. The van der Waals surface area contributed by atoms with Crippen molar-refractivity contribution in [1.82, 2.24) is 4.90 Å². The topological polar surface area (TPSA) is 29.3 Å². The van der Waals surface area contributed by atoms with E-state index in [0.29, 0.717) is 0 Å². The molecule has 1 aliphatic carbocycles. The molecular weight excluding hydrogens is 172 g/mol. The Hall–Kier alpha value is -0.0800. The molecule has 2 rings (SSSR count). The molecule has 2 N–H and O–H groups in total. The van der Waals surface area contributed by atoms with Gasteiger partial charge in [0.2, 0.25) is 0 Å². The van der Waals surface area contributed by atoms with Crippen molar-refractivity contribution < 1.29 is 0 Å². The minimum absolute atomic E-state index is 0.883. The average molecular weight is 196 g/mol. The lowest BCUT2D eigenvalue weighted by Gasteiger charge is -2.35. The van der Waals surface area contributed by atoms with Gasteiger partial charge in [-0.05, 0) is 57.7 Å². The van der Waals surface area contributed by atoms with Gasteiger partial charge in [0.05, 0.1) is 0 Å². The van der Waals surface area contributed by atoms with Crippen LogP contribution in [0.15, 0.2) is 0 Å². The molecule has 0 radical (unpaired) electrons. The van der Waals surface area contributed by atoms with Crippen LogP contribution in [0.2, 0.25) is 0 Å². The Labute approximate surface area is 87.8 Å². The van der Waals surface area contributed by atoms with Crippen molar-refractivity contribution in [2.45, 2.75) is 51.0 Å². The van der Waals surface area contributed by atoms with E-state index in [0.717, 1.165) is 18.5 Å². The highest BCUT2D eigenvalue weighted by molar-refractivity contribution is 4.81. The molecule has 1 saturated carbocycles. The zero-order chi connectivity index (χ0) is 9.80. The number of hydrogen-bond acceptors (Lipinski definition) is 2. The van der Waals surface area contributed by atoms with Gasteiger partial charge in [0, 0.05) is 6.04 Å². The first kappa shape index (κ1) is 10.4. The maximum atomic E-state index is 5.60. The largest absolute Gasteiger partial charge is 0.330 e. The van der Waals surface area contributed by atoms with Crippen LogP contribution >= 0.6 is 0 Å². The molecule has 2 fully saturated rings. The first-order chi connectivity index (χ1) is 6.90. The Morgan fingerprint density at radius 2 is 1.64 bits per heavy atom. The molecule has 14 heavy (non-hydrogen) atoms. The van der Waals surface area contributed by atoms with Gasteiger partial charge in [-0.15, -0.1) is 0 Å². The van der Waals surface area contributed by atoms with E-state index in [2.05, 4.69) is 4.90 Å². The Balaban J connectivity index is 1.72. The Bertz CT molecular complexity index is 156. The first-order valence-electron chi connectivity index (χ1n) is 6.34. The smallest absolute Gasteiger partial charge is 0.00952 e. The molecule has 0 aromatic carbocycles. The van der Waals surface area contributed by atoms with E-state index in [4.69, 9.17) is 5.73 Å². The molecule has 0 atom stereocenters. The van der Waals surface area contributed by atoms with Crippen molar-refractivity contribution in [2.75, 3.05) is 19.6 Å². The summed E-state index contributed by atoms with van der Waals surface area (Å²) in [6.07, 6.45) is 9.89. The molecule has 1 aliphatic heterocycles. The van der Waals surface area contributed by atoms with E-state index >= 15 is 0 Å². The molecule has 0 aromatic heterocycles. The van der Waals surface area contributed by atoms with Crippen LogP contribution in [0.5, 0.6) is 0 Å². The van der Waals surface area contributed by atoms with Gasteiger partial charge in [-0.2, -0.15) is 0 Å². The lowest BCUT2D eigenvalue weighted by Crippen LogP contribution is -2.40. The molecule has 2 aliphatic rings. The molecule has 0 aromatic rings. The molecule has 0 bridgehead atoms. The summed E-state index contributed by atoms with van der Waals surface area (Å²) in [6, 6.07) is 0.939. The molecule has 1 saturated heterocycles. The molecule has 82 valence electrons. The zero-order valence-electron chi connectivity index (χ0n) is 9.25. The van der Waals surface area contributed by atoms with Crippen molar-refractivity contribution in [3.05, 3.63) is 0 Å². The Kier molecular flexibility index (Phi) is 3.82. The SMILES string of the molecule is NCCC1CCN(C2CCCC2)CC1. The second kappa shape index (κ2) is 5.13. The Morgan fingerprint density at radius 1 is 1.00 bits per heavy atom. The predicted molar refractivity (Wildman–Crippen MR) is 60.2 cm³/mol. The van der Waals surface area contributed by atoms with Crippen molar-refractivity contribution in [1.29, 1.82) is 0 Å². The van der Waals surface area contributed by atoms with Crippen LogP contribution in [-0.4, -0.2) is 30.6 Å². The average Bonchev–Trinajstić information content (AvgIpc) is 2.72. The first-order valence-corrected chi connectivity index (χ1v) is 6.34. The van der Waals surface area contributed by atoms with Crippen LogP contribution in [0.4, 0.5) is 0 Å². The standard InChI is InChI=1S/C12H24N2/c13-8-5-11-6-9-14(10-7-11)12-3-1-2-4-12/h11-12H,1-10,13H2. The maximum Gasteiger partial charge on any atom is 0.00952 e. The van der Waals surface area contributed by atoms with E-state index in [1.807, 2.05) is 0 Å². The lowest BCUT2D eigenvalue weighted by molar-refractivity contribution is 0.132. The minimum atomic E-state index is 0.883. The fourth-order valence-corrected chi connectivity index (χ4v) is 3.11. The summed E-state index contributed by atoms with van der Waals surface area (Å²) in [5.74, 6) is 0.928.